The van der Waals surface area contributed by atoms with E-state index in [-0.39, 0.29) is 5.97 Å². The van der Waals surface area contributed by atoms with Crippen LogP contribution in [0.1, 0.15) is 58.1 Å². The maximum Gasteiger partial charge on any atom is 0.311 e. The summed E-state index contributed by atoms with van der Waals surface area (Å²) in [5, 5.41) is 0. The average Bonchev–Trinajstić information content (AvgIpc) is 2.61. The Kier molecular flexibility index (Phi) is 7.40. The summed E-state index contributed by atoms with van der Waals surface area (Å²) in [7, 11) is 0. The third-order valence-electron chi connectivity index (χ3n) is 3.86. The third kappa shape index (κ3) is 5.76. The van der Waals surface area contributed by atoms with Crippen molar-refractivity contribution in [3.8, 4) is 17.0 Å². The molecule has 0 saturated heterocycles. The molecule has 0 amide bonds. The Hall–Kier alpha value is -2.23. The fourth-order valence-electron chi connectivity index (χ4n) is 2.39. The molecule has 0 bridgehead atoms. The van der Waals surface area contributed by atoms with Gasteiger partial charge in [0.1, 0.15) is 5.75 Å². The smallest absolute Gasteiger partial charge is 0.311 e. The highest BCUT2D eigenvalue weighted by molar-refractivity contribution is 5.72. The van der Waals surface area contributed by atoms with E-state index < -0.39 is 0 Å². The van der Waals surface area contributed by atoms with Gasteiger partial charge in [-0.15, -0.1) is 0 Å². The van der Waals surface area contributed by atoms with Gasteiger partial charge in [-0.3, -0.25) is 14.8 Å². The average molecular weight is 326 g/mol. The molecule has 0 N–H and O–H groups in total. The third-order valence-corrected chi connectivity index (χ3v) is 3.86. The topological polar surface area (TPSA) is 52.1 Å². The Bertz CT molecular complexity index is 621. The molecule has 0 aliphatic heterocycles. The van der Waals surface area contributed by atoms with Gasteiger partial charge in [0.05, 0.1) is 17.6 Å². The second-order valence-electron chi connectivity index (χ2n) is 5.95. The minimum absolute atomic E-state index is 0.180. The van der Waals surface area contributed by atoms with Gasteiger partial charge < -0.3 is 4.74 Å². The van der Waals surface area contributed by atoms with Crippen LogP contribution in [0.4, 0.5) is 0 Å². The van der Waals surface area contributed by atoms with Crippen molar-refractivity contribution in [2.75, 3.05) is 0 Å². The van der Waals surface area contributed by atoms with Gasteiger partial charge in [0, 0.05) is 18.2 Å². The number of aryl methyl sites for hydroxylation is 1. The Morgan fingerprint density at radius 1 is 0.958 bits per heavy atom. The van der Waals surface area contributed by atoms with Gasteiger partial charge in [-0.05, 0) is 43.5 Å². The van der Waals surface area contributed by atoms with Crippen LogP contribution in [0.2, 0.25) is 0 Å². The lowest BCUT2D eigenvalue weighted by Gasteiger charge is -2.06. The zero-order valence-corrected chi connectivity index (χ0v) is 14.6. The summed E-state index contributed by atoms with van der Waals surface area (Å²) in [6.07, 6.45) is 10.5. The molecular formula is C20H26N2O2. The minimum atomic E-state index is -0.180. The van der Waals surface area contributed by atoms with Crippen LogP contribution in [0.3, 0.4) is 0 Å². The van der Waals surface area contributed by atoms with E-state index in [0.29, 0.717) is 12.2 Å². The van der Waals surface area contributed by atoms with E-state index in [4.69, 9.17) is 4.74 Å². The van der Waals surface area contributed by atoms with Crippen LogP contribution in [-0.4, -0.2) is 15.9 Å². The molecule has 4 heteroatoms. The lowest BCUT2D eigenvalue weighted by atomic mass is 10.1. The number of ether oxygens (including phenoxy) is 1. The molecule has 1 aromatic carbocycles. The number of hydrogen-bond donors (Lipinski definition) is 0. The van der Waals surface area contributed by atoms with E-state index in [2.05, 4.69) is 23.8 Å². The van der Waals surface area contributed by atoms with Crippen LogP contribution in [0.25, 0.3) is 11.3 Å². The Balaban J connectivity index is 1.93. The summed E-state index contributed by atoms with van der Waals surface area (Å²) in [6.45, 7) is 4.25. The normalized spacial score (nSPS) is 10.6. The number of benzene rings is 1. The summed E-state index contributed by atoms with van der Waals surface area (Å²) < 4.78 is 5.31. The van der Waals surface area contributed by atoms with Crippen molar-refractivity contribution in [3.05, 3.63) is 42.4 Å². The molecule has 0 fully saturated rings. The number of carbonyl (C=O) groups is 1. The molecule has 2 aromatic rings. The monoisotopic (exact) mass is 326 g/mol. The van der Waals surface area contributed by atoms with E-state index in [9.17, 15) is 4.79 Å². The molecule has 1 aromatic heterocycles. The predicted octanol–water partition coefficient (Wildman–Crippen LogP) is 4.97. The van der Waals surface area contributed by atoms with Gasteiger partial charge in [0.25, 0.3) is 0 Å². The van der Waals surface area contributed by atoms with Crippen LogP contribution >= 0.6 is 0 Å². The first kappa shape index (κ1) is 18.1. The van der Waals surface area contributed by atoms with E-state index in [0.717, 1.165) is 42.6 Å². The van der Waals surface area contributed by atoms with Crippen molar-refractivity contribution in [1.29, 1.82) is 0 Å². The van der Waals surface area contributed by atoms with E-state index >= 15 is 0 Å². The van der Waals surface area contributed by atoms with Gasteiger partial charge in [-0.1, -0.05) is 33.1 Å². The van der Waals surface area contributed by atoms with E-state index in [1.54, 1.807) is 12.1 Å². The summed E-state index contributed by atoms with van der Waals surface area (Å²) in [6, 6.07) is 7.42. The molecule has 4 nitrogen and oxygen atoms in total. The number of rotatable bonds is 9. The van der Waals surface area contributed by atoms with Crippen LogP contribution in [0.5, 0.6) is 5.75 Å². The number of hydrogen-bond acceptors (Lipinski definition) is 4. The molecule has 1 heterocycles. The maximum atomic E-state index is 11.6. The quantitative estimate of drug-likeness (QED) is 0.371. The Labute approximate surface area is 144 Å². The first-order valence-corrected chi connectivity index (χ1v) is 8.85. The van der Waals surface area contributed by atoms with Gasteiger partial charge in [-0.25, -0.2) is 0 Å². The standard InChI is InChI=1S/C20H26N2O2/c1-3-5-7-8-17-14-22-19(15-21-17)16-10-12-18(13-11-16)24-20(23)9-6-4-2/h10-15H,3-9H2,1-2H3. The first-order chi connectivity index (χ1) is 11.7. The number of carbonyl (C=O) groups excluding carboxylic acids is 1. The van der Waals surface area contributed by atoms with Gasteiger partial charge >= 0.3 is 5.97 Å². The number of nitrogens with zero attached hydrogens (tertiary/aromatic N) is 2. The number of unbranched alkanes of at least 4 members (excludes halogenated alkanes) is 3. The first-order valence-electron chi connectivity index (χ1n) is 8.85. The van der Waals surface area contributed by atoms with Crippen molar-refractivity contribution in [2.45, 2.75) is 58.8 Å². The minimum Gasteiger partial charge on any atom is -0.427 e. The van der Waals surface area contributed by atoms with Crippen LogP contribution in [-0.2, 0) is 11.2 Å². The number of esters is 1. The number of aromatic nitrogens is 2. The fraction of sp³-hybridized carbons (Fsp3) is 0.450. The Morgan fingerprint density at radius 2 is 1.71 bits per heavy atom. The zero-order chi connectivity index (χ0) is 17.2. The van der Waals surface area contributed by atoms with Crippen LogP contribution in [0.15, 0.2) is 36.7 Å². The summed E-state index contributed by atoms with van der Waals surface area (Å²) in [4.78, 5) is 20.6. The van der Waals surface area contributed by atoms with Gasteiger partial charge in [-0.2, -0.15) is 0 Å². The molecule has 2 rings (SSSR count). The molecule has 0 unspecified atom stereocenters. The maximum absolute atomic E-state index is 11.6. The second-order valence-corrected chi connectivity index (χ2v) is 5.95. The van der Waals surface area contributed by atoms with Crippen molar-refractivity contribution in [2.24, 2.45) is 0 Å². The Morgan fingerprint density at radius 3 is 2.33 bits per heavy atom. The zero-order valence-electron chi connectivity index (χ0n) is 14.6. The largest absolute Gasteiger partial charge is 0.427 e. The van der Waals surface area contributed by atoms with Gasteiger partial charge in [0.2, 0.25) is 0 Å². The molecule has 0 atom stereocenters. The molecule has 0 spiro atoms. The van der Waals surface area contributed by atoms with Crippen LogP contribution < -0.4 is 4.74 Å². The highest BCUT2D eigenvalue weighted by Gasteiger charge is 2.06. The summed E-state index contributed by atoms with van der Waals surface area (Å²) in [5.41, 5.74) is 2.84. The molecular weight excluding hydrogens is 300 g/mol. The lowest BCUT2D eigenvalue weighted by Crippen LogP contribution is -2.07. The summed E-state index contributed by atoms with van der Waals surface area (Å²) in [5.74, 6) is 0.393. The molecule has 0 aliphatic carbocycles. The molecule has 24 heavy (non-hydrogen) atoms. The predicted molar refractivity (Wildman–Crippen MR) is 95.9 cm³/mol. The van der Waals surface area contributed by atoms with Crippen molar-refractivity contribution < 1.29 is 9.53 Å². The lowest BCUT2D eigenvalue weighted by molar-refractivity contribution is -0.134. The highest BCUT2D eigenvalue weighted by atomic mass is 16.5. The molecule has 0 aliphatic rings. The second kappa shape index (κ2) is 9.81. The molecule has 128 valence electrons. The molecule has 0 radical (unpaired) electrons. The SMILES string of the molecule is CCCCCc1cnc(-c2ccc(OC(=O)CCCC)cc2)cn1. The fourth-order valence-corrected chi connectivity index (χ4v) is 2.39. The van der Waals surface area contributed by atoms with Crippen LogP contribution in [0, 0.1) is 0 Å². The summed E-state index contributed by atoms with van der Waals surface area (Å²) >= 11 is 0. The van der Waals surface area contributed by atoms with E-state index in [1.165, 1.54) is 12.8 Å². The van der Waals surface area contributed by atoms with Crippen molar-refractivity contribution in [1.82, 2.24) is 9.97 Å². The highest BCUT2D eigenvalue weighted by Crippen LogP contribution is 2.21. The van der Waals surface area contributed by atoms with Crippen molar-refractivity contribution >= 4 is 5.97 Å². The molecule has 0 saturated carbocycles. The van der Waals surface area contributed by atoms with Gasteiger partial charge in [0.15, 0.2) is 0 Å². The van der Waals surface area contributed by atoms with Crippen molar-refractivity contribution in [3.63, 3.8) is 0 Å². The van der Waals surface area contributed by atoms with E-state index in [1.807, 2.05) is 24.5 Å².